The monoisotopic (exact) mass is 480 g/mol. The van der Waals surface area contributed by atoms with E-state index >= 15 is 0 Å². The summed E-state index contributed by atoms with van der Waals surface area (Å²) in [5.41, 5.74) is 1.92. The number of hydrogen-bond donors (Lipinski definition) is 1. The van der Waals surface area contributed by atoms with Crippen LogP contribution in [0.4, 0.5) is 4.39 Å². The number of aromatic nitrogens is 3. The zero-order valence-corrected chi connectivity index (χ0v) is 20.0. The van der Waals surface area contributed by atoms with Gasteiger partial charge in [-0.2, -0.15) is 0 Å². The van der Waals surface area contributed by atoms with Crippen molar-refractivity contribution < 1.29 is 23.4 Å². The Morgan fingerprint density at radius 2 is 2.14 bits per heavy atom. The van der Waals surface area contributed by atoms with Crippen LogP contribution >= 0.6 is 0 Å². The first kappa shape index (κ1) is 23.6. The molecule has 35 heavy (non-hydrogen) atoms. The molecule has 9 heteroatoms. The average Bonchev–Trinajstić information content (AvgIpc) is 3.48. The van der Waals surface area contributed by atoms with Gasteiger partial charge in [0.15, 0.2) is 11.6 Å². The zero-order valence-electron chi connectivity index (χ0n) is 20.0. The number of rotatable bonds is 8. The molecule has 1 saturated carbocycles. The summed E-state index contributed by atoms with van der Waals surface area (Å²) in [6.45, 7) is 10.1. The van der Waals surface area contributed by atoms with Crippen LogP contribution in [0, 0.1) is 12.7 Å². The number of aryl methyl sites for hydroxylation is 1. The summed E-state index contributed by atoms with van der Waals surface area (Å²) < 4.78 is 35.2. The SMILES string of the molecule is C=CCNCC1(C)O[C@@H]2[C@H](O1)[C@@H](Oc1ccc(F)cc1C(C)=O)C[C@H]2n1ccc2c(C)ncnc21. The molecule has 1 aliphatic carbocycles. The van der Waals surface area contributed by atoms with Crippen LogP contribution in [0.1, 0.15) is 42.4 Å². The van der Waals surface area contributed by atoms with Crippen molar-refractivity contribution in [1.29, 1.82) is 0 Å². The molecular formula is C26H29FN4O4. The highest BCUT2D eigenvalue weighted by Gasteiger charge is 2.57. The van der Waals surface area contributed by atoms with Gasteiger partial charge in [0.1, 0.15) is 41.9 Å². The van der Waals surface area contributed by atoms with Crippen molar-refractivity contribution in [3.63, 3.8) is 0 Å². The van der Waals surface area contributed by atoms with Crippen molar-refractivity contribution in [2.75, 3.05) is 13.1 Å². The fourth-order valence-electron chi connectivity index (χ4n) is 5.11. The van der Waals surface area contributed by atoms with Crippen molar-refractivity contribution in [3.8, 4) is 5.75 Å². The molecule has 3 heterocycles. The van der Waals surface area contributed by atoms with E-state index in [-0.39, 0.29) is 23.5 Å². The summed E-state index contributed by atoms with van der Waals surface area (Å²) in [5, 5.41) is 4.24. The summed E-state index contributed by atoms with van der Waals surface area (Å²) in [5.74, 6) is -1.30. The summed E-state index contributed by atoms with van der Waals surface area (Å²) in [7, 11) is 0. The molecule has 3 aromatic rings. The highest BCUT2D eigenvalue weighted by atomic mass is 19.1. The Hall–Kier alpha value is -3.14. The Kier molecular flexibility index (Phi) is 6.16. The molecule has 0 bridgehead atoms. The molecule has 1 aliphatic heterocycles. The summed E-state index contributed by atoms with van der Waals surface area (Å²) in [6, 6.07) is 5.87. The molecule has 0 spiro atoms. The van der Waals surface area contributed by atoms with Gasteiger partial charge in [-0.3, -0.25) is 4.79 Å². The smallest absolute Gasteiger partial charge is 0.179 e. The maximum absolute atomic E-state index is 13.8. The third kappa shape index (κ3) is 4.35. The van der Waals surface area contributed by atoms with Crippen molar-refractivity contribution in [2.24, 2.45) is 0 Å². The van der Waals surface area contributed by atoms with E-state index in [1.807, 2.05) is 26.1 Å². The highest BCUT2D eigenvalue weighted by molar-refractivity contribution is 5.96. The number of Topliss-reactive ketones (excluding diaryl/α,β-unsaturated/α-hetero) is 1. The van der Waals surface area contributed by atoms with Crippen molar-refractivity contribution in [1.82, 2.24) is 19.9 Å². The van der Waals surface area contributed by atoms with Gasteiger partial charge in [0.05, 0.1) is 17.3 Å². The molecule has 1 saturated heterocycles. The van der Waals surface area contributed by atoms with Crippen LogP contribution in [0.15, 0.2) is 49.4 Å². The third-order valence-corrected chi connectivity index (χ3v) is 6.71. The Balaban J connectivity index is 1.49. The molecule has 0 amide bonds. The van der Waals surface area contributed by atoms with Crippen LogP contribution < -0.4 is 10.1 Å². The molecule has 2 fully saturated rings. The van der Waals surface area contributed by atoms with Crippen LogP contribution in [0.3, 0.4) is 0 Å². The standard InChI is InChI=1S/C26H29FN4O4/c1-5-9-28-13-26(4)34-23-20(31-10-8-18-15(2)29-14-30-25(18)31)12-22(24(23)35-26)33-21-7-6-17(27)11-19(21)16(3)32/h5-8,10-11,14,20,22-24,28H,1,9,12-13H2,2-4H3/t20-,22+,23+,24-,26?/m1/s1. The zero-order chi connectivity index (χ0) is 24.7. The number of nitrogens with one attached hydrogen (secondary N) is 1. The summed E-state index contributed by atoms with van der Waals surface area (Å²) >= 11 is 0. The molecule has 184 valence electrons. The third-order valence-electron chi connectivity index (χ3n) is 6.71. The highest BCUT2D eigenvalue weighted by Crippen LogP contribution is 2.46. The maximum atomic E-state index is 13.8. The minimum atomic E-state index is -0.876. The molecule has 1 aromatic carbocycles. The largest absolute Gasteiger partial charge is 0.487 e. The van der Waals surface area contributed by atoms with Crippen molar-refractivity contribution in [3.05, 3.63) is 66.5 Å². The van der Waals surface area contributed by atoms with E-state index in [0.717, 1.165) is 16.7 Å². The lowest BCUT2D eigenvalue weighted by atomic mass is 10.1. The number of halogens is 1. The predicted molar refractivity (Wildman–Crippen MR) is 128 cm³/mol. The first-order valence-corrected chi connectivity index (χ1v) is 11.7. The quantitative estimate of drug-likeness (QED) is 0.298. The van der Waals surface area contributed by atoms with Gasteiger partial charge < -0.3 is 24.1 Å². The molecule has 0 radical (unpaired) electrons. The Morgan fingerprint density at radius 1 is 1.34 bits per heavy atom. The van der Waals surface area contributed by atoms with Gasteiger partial charge in [-0.25, -0.2) is 14.4 Å². The molecule has 8 nitrogen and oxygen atoms in total. The fourth-order valence-corrected chi connectivity index (χ4v) is 5.11. The number of ketones is 1. The van der Waals surface area contributed by atoms with Crippen LogP contribution in [-0.4, -0.2) is 57.5 Å². The molecule has 1 N–H and O–H groups in total. The van der Waals surface area contributed by atoms with Gasteiger partial charge in [0.2, 0.25) is 0 Å². The van der Waals surface area contributed by atoms with Gasteiger partial charge >= 0.3 is 0 Å². The normalized spacial score (nSPS) is 27.8. The number of fused-ring (bicyclic) bond motifs is 2. The van der Waals surface area contributed by atoms with E-state index in [9.17, 15) is 9.18 Å². The van der Waals surface area contributed by atoms with Crippen LogP contribution in [-0.2, 0) is 9.47 Å². The molecule has 5 rings (SSSR count). The molecule has 5 atom stereocenters. The second kappa shape index (κ2) is 9.14. The van der Waals surface area contributed by atoms with Crippen LogP contribution in [0.5, 0.6) is 5.75 Å². The van der Waals surface area contributed by atoms with E-state index in [1.165, 1.54) is 25.1 Å². The molecular weight excluding hydrogens is 451 g/mol. The number of ether oxygens (including phenoxy) is 3. The maximum Gasteiger partial charge on any atom is 0.179 e. The van der Waals surface area contributed by atoms with Gasteiger partial charge in [-0.15, -0.1) is 6.58 Å². The van der Waals surface area contributed by atoms with E-state index in [4.69, 9.17) is 14.2 Å². The lowest BCUT2D eigenvalue weighted by Crippen LogP contribution is -2.41. The predicted octanol–water partition coefficient (Wildman–Crippen LogP) is 3.75. The second-order valence-electron chi connectivity index (χ2n) is 9.29. The lowest BCUT2D eigenvalue weighted by molar-refractivity contribution is -0.173. The minimum absolute atomic E-state index is 0.126. The number of carbonyl (C=O) groups excluding carboxylic acids is 1. The first-order valence-electron chi connectivity index (χ1n) is 11.7. The Morgan fingerprint density at radius 3 is 2.91 bits per heavy atom. The Bertz CT molecular complexity index is 1280. The average molecular weight is 481 g/mol. The Labute approximate surface area is 203 Å². The van der Waals surface area contributed by atoms with Gasteiger partial charge in [-0.05, 0) is 45.0 Å². The number of nitrogens with zero attached hydrogens (tertiary/aromatic N) is 3. The van der Waals surface area contributed by atoms with Crippen molar-refractivity contribution in [2.45, 2.75) is 57.3 Å². The van der Waals surface area contributed by atoms with Crippen molar-refractivity contribution >= 4 is 16.8 Å². The topological polar surface area (TPSA) is 87.5 Å². The van der Waals surface area contributed by atoms with Gasteiger partial charge in [-0.1, -0.05) is 6.08 Å². The summed E-state index contributed by atoms with van der Waals surface area (Å²) in [4.78, 5) is 21.0. The van der Waals surface area contributed by atoms with Crippen LogP contribution in [0.2, 0.25) is 0 Å². The molecule has 1 unspecified atom stereocenters. The van der Waals surface area contributed by atoms with E-state index in [1.54, 1.807) is 12.4 Å². The van der Waals surface area contributed by atoms with Gasteiger partial charge in [0.25, 0.3) is 0 Å². The summed E-state index contributed by atoms with van der Waals surface area (Å²) in [6.07, 6.45) is 4.75. The second-order valence-corrected chi connectivity index (χ2v) is 9.29. The van der Waals surface area contributed by atoms with Crippen LogP contribution in [0.25, 0.3) is 11.0 Å². The first-order chi connectivity index (χ1) is 16.8. The van der Waals surface area contributed by atoms with Gasteiger partial charge in [0, 0.05) is 31.1 Å². The number of hydrogen-bond acceptors (Lipinski definition) is 7. The lowest BCUT2D eigenvalue weighted by Gasteiger charge is -2.28. The van der Waals surface area contributed by atoms with E-state index < -0.39 is 23.8 Å². The number of benzene rings is 1. The molecule has 2 aliphatic rings. The number of carbonyl (C=O) groups is 1. The fraction of sp³-hybridized carbons (Fsp3) is 0.423. The van der Waals surface area contributed by atoms with E-state index in [0.29, 0.717) is 25.3 Å². The minimum Gasteiger partial charge on any atom is -0.487 e. The molecule has 2 aromatic heterocycles. The van der Waals surface area contributed by atoms with E-state index in [2.05, 4.69) is 26.4 Å².